The lowest BCUT2D eigenvalue weighted by atomic mass is 9.75. The van der Waals surface area contributed by atoms with E-state index in [-0.39, 0.29) is 12.4 Å². The number of pyridine rings is 1. The van der Waals surface area contributed by atoms with Crippen molar-refractivity contribution in [1.82, 2.24) is 0 Å². The summed E-state index contributed by atoms with van der Waals surface area (Å²) in [5.41, 5.74) is 2.11. The molecule has 0 saturated heterocycles. The first-order valence-electron chi connectivity index (χ1n) is 10.9. The molecule has 1 aliphatic rings. The number of benzene rings is 2. The molecule has 3 atom stereocenters. The number of Topliss-reactive ketones (excluding diaryl/α,β-unsaturated/α-hetero) is 1. The second kappa shape index (κ2) is 9.86. The third-order valence-corrected chi connectivity index (χ3v) is 5.84. The zero-order chi connectivity index (χ0) is 22.4. The number of aliphatic hydroxyl groups is 1. The SMILES string of the molecule is CC1(C(=O)c2ccccc2)C=CC=CC1OCC(O)C[n+]1ccc(-c2ccccc2)cc1. The highest BCUT2D eigenvalue weighted by Gasteiger charge is 2.40. The predicted molar refractivity (Wildman–Crippen MR) is 125 cm³/mol. The van der Waals surface area contributed by atoms with Crippen LogP contribution in [-0.4, -0.2) is 29.7 Å². The Kier molecular flexibility index (Phi) is 6.74. The first kappa shape index (κ1) is 21.9. The summed E-state index contributed by atoms with van der Waals surface area (Å²) < 4.78 is 7.98. The summed E-state index contributed by atoms with van der Waals surface area (Å²) in [5, 5.41) is 10.6. The number of hydrogen-bond donors (Lipinski definition) is 1. The molecule has 0 saturated carbocycles. The number of rotatable bonds is 8. The number of carbonyl (C=O) groups excluding carboxylic acids is 1. The third-order valence-electron chi connectivity index (χ3n) is 5.84. The van der Waals surface area contributed by atoms with Gasteiger partial charge in [-0.1, -0.05) is 85.0 Å². The molecule has 3 aromatic rings. The number of allylic oxidation sites excluding steroid dienone is 2. The Morgan fingerprint density at radius 1 is 0.969 bits per heavy atom. The van der Waals surface area contributed by atoms with Gasteiger partial charge in [0.2, 0.25) is 0 Å². The number of ketones is 1. The zero-order valence-corrected chi connectivity index (χ0v) is 18.2. The van der Waals surface area contributed by atoms with Gasteiger partial charge in [-0.2, -0.15) is 0 Å². The van der Waals surface area contributed by atoms with Crippen LogP contribution in [0.25, 0.3) is 11.1 Å². The Bertz CT molecular complexity index is 1090. The second-order valence-electron chi connectivity index (χ2n) is 8.28. The van der Waals surface area contributed by atoms with Crippen LogP contribution in [0.15, 0.2) is 109 Å². The van der Waals surface area contributed by atoms with E-state index < -0.39 is 17.6 Å². The molecular formula is C28H28NO3+. The van der Waals surface area contributed by atoms with Crippen molar-refractivity contribution in [3.8, 4) is 11.1 Å². The Balaban J connectivity index is 1.37. The maximum absolute atomic E-state index is 13.2. The van der Waals surface area contributed by atoms with Gasteiger partial charge >= 0.3 is 0 Å². The van der Waals surface area contributed by atoms with Crippen molar-refractivity contribution >= 4 is 5.78 Å². The van der Waals surface area contributed by atoms with Gasteiger partial charge in [0.15, 0.2) is 24.7 Å². The van der Waals surface area contributed by atoms with E-state index in [1.807, 2.05) is 109 Å². The molecule has 4 heteroatoms. The van der Waals surface area contributed by atoms with E-state index in [9.17, 15) is 9.90 Å². The smallest absolute Gasteiger partial charge is 0.176 e. The van der Waals surface area contributed by atoms with Crippen LogP contribution in [0.1, 0.15) is 17.3 Å². The highest BCUT2D eigenvalue weighted by molar-refractivity contribution is 6.02. The summed E-state index contributed by atoms with van der Waals surface area (Å²) in [6.07, 6.45) is 10.3. The first-order chi connectivity index (χ1) is 15.6. The Labute approximate surface area is 189 Å². The van der Waals surface area contributed by atoms with Crippen molar-refractivity contribution < 1.29 is 19.2 Å². The number of aromatic nitrogens is 1. The van der Waals surface area contributed by atoms with Crippen molar-refractivity contribution in [1.29, 1.82) is 0 Å². The van der Waals surface area contributed by atoms with Crippen LogP contribution in [0.3, 0.4) is 0 Å². The largest absolute Gasteiger partial charge is 0.384 e. The van der Waals surface area contributed by atoms with E-state index >= 15 is 0 Å². The molecule has 32 heavy (non-hydrogen) atoms. The van der Waals surface area contributed by atoms with Gasteiger partial charge in [0, 0.05) is 17.7 Å². The van der Waals surface area contributed by atoms with Crippen LogP contribution < -0.4 is 4.57 Å². The van der Waals surface area contributed by atoms with E-state index in [0.717, 1.165) is 11.1 Å². The molecule has 0 fully saturated rings. The molecule has 1 aromatic heterocycles. The van der Waals surface area contributed by atoms with Gasteiger partial charge < -0.3 is 9.84 Å². The predicted octanol–water partition coefficient (Wildman–Crippen LogP) is 4.40. The molecule has 0 amide bonds. The fraction of sp³-hybridized carbons (Fsp3) is 0.214. The fourth-order valence-electron chi connectivity index (χ4n) is 3.96. The van der Waals surface area contributed by atoms with E-state index in [0.29, 0.717) is 12.1 Å². The monoisotopic (exact) mass is 426 g/mol. The van der Waals surface area contributed by atoms with Crippen molar-refractivity contribution in [2.75, 3.05) is 6.61 Å². The molecule has 162 valence electrons. The van der Waals surface area contributed by atoms with Crippen LogP contribution in [0.2, 0.25) is 0 Å². The Hall–Kier alpha value is -3.34. The average Bonchev–Trinajstić information content (AvgIpc) is 2.84. The van der Waals surface area contributed by atoms with E-state index in [4.69, 9.17) is 4.74 Å². The van der Waals surface area contributed by atoms with Gasteiger partial charge in [-0.3, -0.25) is 4.79 Å². The third kappa shape index (κ3) is 4.93. The maximum atomic E-state index is 13.2. The maximum Gasteiger partial charge on any atom is 0.176 e. The fourth-order valence-corrected chi connectivity index (χ4v) is 3.96. The summed E-state index contributed by atoms with van der Waals surface area (Å²) in [6, 6.07) is 23.5. The molecule has 1 N–H and O–H groups in total. The molecule has 0 radical (unpaired) electrons. The molecular weight excluding hydrogens is 398 g/mol. The van der Waals surface area contributed by atoms with Crippen LogP contribution in [0.4, 0.5) is 0 Å². The van der Waals surface area contributed by atoms with Crippen LogP contribution in [0.5, 0.6) is 0 Å². The van der Waals surface area contributed by atoms with E-state index in [2.05, 4.69) is 12.1 Å². The summed E-state index contributed by atoms with van der Waals surface area (Å²) in [4.78, 5) is 13.2. The number of nitrogens with zero attached hydrogens (tertiary/aromatic N) is 1. The minimum Gasteiger partial charge on any atom is -0.384 e. The number of carbonyl (C=O) groups is 1. The summed E-state index contributed by atoms with van der Waals surface area (Å²) in [6.45, 7) is 2.43. The van der Waals surface area contributed by atoms with Crippen molar-refractivity contribution in [3.63, 3.8) is 0 Å². The highest BCUT2D eigenvalue weighted by atomic mass is 16.5. The Morgan fingerprint density at radius 3 is 2.28 bits per heavy atom. The zero-order valence-electron chi connectivity index (χ0n) is 18.2. The van der Waals surface area contributed by atoms with Gasteiger partial charge in [0.05, 0.1) is 18.1 Å². The molecule has 0 aliphatic heterocycles. The summed E-state index contributed by atoms with van der Waals surface area (Å²) in [5.74, 6) is 0.00376. The van der Waals surface area contributed by atoms with E-state index in [1.165, 1.54) is 0 Å². The minimum atomic E-state index is -0.819. The average molecular weight is 427 g/mol. The Morgan fingerprint density at radius 2 is 1.59 bits per heavy atom. The summed E-state index contributed by atoms with van der Waals surface area (Å²) >= 11 is 0. The standard InChI is InChI=1S/C28H28NO3/c1-28(27(31)24-12-6-3-7-13-24)17-9-8-14-26(28)32-21-25(30)20-29-18-15-23(16-19-29)22-10-4-2-5-11-22/h2-19,25-26,30H,20-21H2,1H3/q+1. The second-order valence-corrected chi connectivity index (χ2v) is 8.28. The highest BCUT2D eigenvalue weighted by Crippen LogP contribution is 2.34. The van der Waals surface area contributed by atoms with Gasteiger partial charge in [0.25, 0.3) is 0 Å². The van der Waals surface area contributed by atoms with Gasteiger partial charge in [0.1, 0.15) is 6.10 Å². The first-order valence-corrected chi connectivity index (χ1v) is 10.9. The molecule has 1 heterocycles. The molecule has 4 rings (SSSR count). The molecule has 0 spiro atoms. The number of aliphatic hydroxyl groups excluding tert-OH is 1. The lowest BCUT2D eigenvalue weighted by Gasteiger charge is -2.34. The lowest BCUT2D eigenvalue weighted by Crippen LogP contribution is -2.44. The minimum absolute atomic E-state index is 0.00376. The topological polar surface area (TPSA) is 50.4 Å². The normalized spacial score (nSPS) is 20.8. The van der Waals surface area contributed by atoms with Crippen molar-refractivity contribution in [2.45, 2.75) is 25.7 Å². The molecule has 3 unspecified atom stereocenters. The van der Waals surface area contributed by atoms with E-state index in [1.54, 1.807) is 0 Å². The van der Waals surface area contributed by atoms with Crippen LogP contribution in [0, 0.1) is 5.41 Å². The van der Waals surface area contributed by atoms with Crippen LogP contribution in [-0.2, 0) is 11.3 Å². The lowest BCUT2D eigenvalue weighted by molar-refractivity contribution is -0.703. The van der Waals surface area contributed by atoms with Gasteiger partial charge in [-0.05, 0) is 18.1 Å². The van der Waals surface area contributed by atoms with Crippen molar-refractivity contribution in [2.24, 2.45) is 5.41 Å². The summed E-state index contributed by atoms with van der Waals surface area (Å²) in [7, 11) is 0. The molecule has 1 aliphatic carbocycles. The van der Waals surface area contributed by atoms with Crippen LogP contribution >= 0.6 is 0 Å². The van der Waals surface area contributed by atoms with Crippen molar-refractivity contribution in [3.05, 3.63) is 115 Å². The van der Waals surface area contributed by atoms with Gasteiger partial charge in [-0.25, -0.2) is 4.57 Å². The quantitative estimate of drug-likeness (QED) is 0.429. The molecule has 2 aromatic carbocycles. The number of hydrogen-bond acceptors (Lipinski definition) is 3. The van der Waals surface area contributed by atoms with Gasteiger partial charge in [-0.15, -0.1) is 0 Å². The molecule has 4 nitrogen and oxygen atoms in total. The molecule has 0 bridgehead atoms. The number of ether oxygens (including phenoxy) is 1.